The number of carbonyl (C=O) groups excluding carboxylic acids is 1. The topological polar surface area (TPSA) is 71.2 Å². The first-order valence-electron chi connectivity index (χ1n) is 7.04. The number of anilines is 1. The molecule has 1 aliphatic carbocycles. The van der Waals surface area contributed by atoms with Crippen LogP contribution in [0.4, 0.5) is 5.82 Å². The first-order chi connectivity index (χ1) is 9.63. The fourth-order valence-corrected chi connectivity index (χ4v) is 2.84. The van der Waals surface area contributed by atoms with Crippen LogP contribution in [0, 0.1) is 0 Å². The van der Waals surface area contributed by atoms with Gasteiger partial charge < -0.3 is 10.3 Å². The molecule has 1 aromatic rings. The van der Waals surface area contributed by atoms with E-state index in [4.69, 9.17) is 17.4 Å². The molecule has 3 N–H and O–H groups in total. The molecule has 1 heterocycles. The van der Waals surface area contributed by atoms with Crippen LogP contribution in [0.3, 0.4) is 0 Å². The average Bonchev–Trinajstić information content (AvgIpc) is 2.75. The standard InChI is InChI=1S/C14H21ClN4O/c1-19(10-6-4-2-3-5-7-10)14(20)13-11(15)8-9-12(17-13)18-16/h8-10H,2-7,16H2,1H3,(H,17,18). The summed E-state index contributed by atoms with van der Waals surface area (Å²) >= 11 is 6.08. The first kappa shape index (κ1) is 15.1. The van der Waals surface area contributed by atoms with Gasteiger partial charge in [0.2, 0.25) is 0 Å². The third-order valence-corrected chi connectivity index (χ3v) is 4.19. The van der Waals surface area contributed by atoms with Crippen molar-refractivity contribution in [2.24, 2.45) is 5.84 Å². The van der Waals surface area contributed by atoms with E-state index in [0.717, 1.165) is 12.8 Å². The van der Waals surface area contributed by atoms with Gasteiger partial charge in [-0.15, -0.1) is 0 Å². The number of aromatic nitrogens is 1. The third kappa shape index (κ3) is 3.41. The molecule has 110 valence electrons. The summed E-state index contributed by atoms with van der Waals surface area (Å²) in [6.45, 7) is 0. The van der Waals surface area contributed by atoms with Crippen molar-refractivity contribution in [3.05, 3.63) is 22.8 Å². The number of carbonyl (C=O) groups is 1. The predicted octanol–water partition coefficient (Wildman–Crippen LogP) is 2.82. The molecule has 20 heavy (non-hydrogen) atoms. The molecule has 0 aliphatic heterocycles. The molecule has 0 atom stereocenters. The van der Waals surface area contributed by atoms with Gasteiger partial charge in [-0.25, -0.2) is 10.8 Å². The molecule has 0 unspecified atom stereocenters. The highest BCUT2D eigenvalue weighted by Gasteiger charge is 2.24. The highest BCUT2D eigenvalue weighted by Crippen LogP contribution is 2.24. The minimum atomic E-state index is -0.140. The molecule has 0 aromatic carbocycles. The zero-order valence-electron chi connectivity index (χ0n) is 11.7. The number of nitrogens with two attached hydrogens (primary N) is 1. The molecule has 0 spiro atoms. The predicted molar refractivity (Wildman–Crippen MR) is 80.6 cm³/mol. The number of nitrogen functional groups attached to an aromatic ring is 1. The second kappa shape index (κ2) is 6.90. The second-order valence-electron chi connectivity index (χ2n) is 5.23. The van der Waals surface area contributed by atoms with Gasteiger partial charge in [-0.05, 0) is 25.0 Å². The Morgan fingerprint density at radius 3 is 2.60 bits per heavy atom. The fraction of sp³-hybridized carbons (Fsp3) is 0.571. The van der Waals surface area contributed by atoms with Crippen molar-refractivity contribution in [1.82, 2.24) is 9.88 Å². The van der Waals surface area contributed by atoms with Crippen LogP contribution >= 0.6 is 11.6 Å². The molecular formula is C14H21ClN4O. The Morgan fingerprint density at radius 2 is 2.00 bits per heavy atom. The van der Waals surface area contributed by atoms with Gasteiger partial charge in [0.1, 0.15) is 11.5 Å². The van der Waals surface area contributed by atoms with Crippen LogP contribution in [0.2, 0.25) is 5.02 Å². The monoisotopic (exact) mass is 296 g/mol. The first-order valence-corrected chi connectivity index (χ1v) is 7.41. The van der Waals surface area contributed by atoms with Gasteiger partial charge in [-0.1, -0.05) is 37.3 Å². The Bertz CT molecular complexity index is 472. The van der Waals surface area contributed by atoms with E-state index >= 15 is 0 Å². The maximum atomic E-state index is 12.6. The molecular weight excluding hydrogens is 276 g/mol. The van der Waals surface area contributed by atoms with E-state index in [9.17, 15) is 4.79 Å². The van der Waals surface area contributed by atoms with Gasteiger partial charge in [0.15, 0.2) is 0 Å². The lowest BCUT2D eigenvalue weighted by Crippen LogP contribution is -2.37. The van der Waals surface area contributed by atoms with Gasteiger partial charge in [-0.2, -0.15) is 0 Å². The minimum Gasteiger partial charge on any atom is -0.337 e. The number of rotatable bonds is 3. The van der Waals surface area contributed by atoms with Crippen molar-refractivity contribution in [1.29, 1.82) is 0 Å². The summed E-state index contributed by atoms with van der Waals surface area (Å²) in [5, 5.41) is 0.356. The number of hydrogen-bond donors (Lipinski definition) is 2. The number of hydrazine groups is 1. The molecule has 1 amide bonds. The van der Waals surface area contributed by atoms with Crippen LogP contribution in [-0.2, 0) is 0 Å². The van der Waals surface area contributed by atoms with Gasteiger partial charge in [-0.3, -0.25) is 4.79 Å². The number of halogens is 1. The van der Waals surface area contributed by atoms with E-state index in [1.54, 1.807) is 17.0 Å². The van der Waals surface area contributed by atoms with Crippen LogP contribution < -0.4 is 11.3 Å². The molecule has 1 aliphatic rings. The fourth-order valence-electron chi connectivity index (χ4n) is 2.65. The molecule has 1 fully saturated rings. The van der Waals surface area contributed by atoms with Crippen LogP contribution in [0.5, 0.6) is 0 Å². The maximum absolute atomic E-state index is 12.6. The van der Waals surface area contributed by atoms with E-state index in [1.165, 1.54) is 25.7 Å². The van der Waals surface area contributed by atoms with Crippen molar-refractivity contribution in [3.8, 4) is 0 Å². The molecule has 6 heteroatoms. The Kier molecular flexibility index (Phi) is 5.20. The normalized spacial score (nSPS) is 16.6. The maximum Gasteiger partial charge on any atom is 0.274 e. The van der Waals surface area contributed by atoms with Crippen molar-refractivity contribution in [3.63, 3.8) is 0 Å². The van der Waals surface area contributed by atoms with E-state index in [1.807, 2.05) is 7.05 Å². The van der Waals surface area contributed by atoms with Gasteiger partial charge in [0.05, 0.1) is 5.02 Å². The smallest absolute Gasteiger partial charge is 0.274 e. The largest absolute Gasteiger partial charge is 0.337 e. The highest BCUT2D eigenvalue weighted by atomic mass is 35.5. The lowest BCUT2D eigenvalue weighted by molar-refractivity contribution is 0.0712. The molecule has 0 radical (unpaired) electrons. The van der Waals surface area contributed by atoms with Crippen LogP contribution in [0.15, 0.2) is 12.1 Å². The van der Waals surface area contributed by atoms with Gasteiger partial charge >= 0.3 is 0 Å². The molecule has 2 rings (SSSR count). The van der Waals surface area contributed by atoms with Crippen molar-refractivity contribution >= 4 is 23.3 Å². The summed E-state index contributed by atoms with van der Waals surface area (Å²) < 4.78 is 0. The molecule has 1 saturated carbocycles. The summed E-state index contributed by atoms with van der Waals surface area (Å²) in [6.07, 6.45) is 6.96. The van der Waals surface area contributed by atoms with Crippen molar-refractivity contribution in [2.45, 2.75) is 44.6 Å². The minimum absolute atomic E-state index is 0.140. The molecule has 5 nitrogen and oxygen atoms in total. The summed E-state index contributed by atoms with van der Waals surface area (Å²) in [7, 11) is 1.83. The van der Waals surface area contributed by atoms with E-state index < -0.39 is 0 Å². The lowest BCUT2D eigenvalue weighted by atomic mass is 10.1. The quantitative estimate of drug-likeness (QED) is 0.511. The Morgan fingerprint density at radius 1 is 1.35 bits per heavy atom. The third-order valence-electron chi connectivity index (χ3n) is 3.89. The average molecular weight is 297 g/mol. The van der Waals surface area contributed by atoms with Crippen LogP contribution in [0.25, 0.3) is 0 Å². The summed E-state index contributed by atoms with van der Waals surface area (Å²) in [4.78, 5) is 18.5. The number of amides is 1. The summed E-state index contributed by atoms with van der Waals surface area (Å²) in [6, 6.07) is 3.56. The van der Waals surface area contributed by atoms with Crippen LogP contribution in [-0.4, -0.2) is 28.9 Å². The SMILES string of the molecule is CN(C(=O)c1nc(NN)ccc1Cl)C1CCCCCC1. The zero-order chi connectivity index (χ0) is 14.5. The number of nitrogens with zero attached hydrogens (tertiary/aromatic N) is 2. The van der Waals surface area contributed by atoms with Crippen LogP contribution in [0.1, 0.15) is 49.0 Å². The second-order valence-corrected chi connectivity index (χ2v) is 5.64. The molecule has 0 saturated heterocycles. The van der Waals surface area contributed by atoms with Crippen molar-refractivity contribution < 1.29 is 4.79 Å². The van der Waals surface area contributed by atoms with Gasteiger partial charge in [0, 0.05) is 13.1 Å². The summed E-state index contributed by atoms with van der Waals surface area (Å²) in [5.74, 6) is 5.63. The Labute approximate surface area is 124 Å². The molecule has 1 aromatic heterocycles. The van der Waals surface area contributed by atoms with E-state index in [2.05, 4.69) is 10.4 Å². The molecule has 0 bridgehead atoms. The van der Waals surface area contributed by atoms with E-state index in [-0.39, 0.29) is 17.6 Å². The lowest BCUT2D eigenvalue weighted by Gasteiger charge is -2.27. The number of nitrogens with one attached hydrogen (secondary N) is 1. The highest BCUT2D eigenvalue weighted by molar-refractivity contribution is 6.33. The summed E-state index contributed by atoms with van der Waals surface area (Å²) in [5.41, 5.74) is 2.70. The Balaban J connectivity index is 2.16. The van der Waals surface area contributed by atoms with Gasteiger partial charge in [0.25, 0.3) is 5.91 Å². The van der Waals surface area contributed by atoms with E-state index in [0.29, 0.717) is 10.8 Å². The number of pyridine rings is 1. The zero-order valence-corrected chi connectivity index (χ0v) is 12.5. The number of hydrogen-bond acceptors (Lipinski definition) is 4. The van der Waals surface area contributed by atoms with Crippen molar-refractivity contribution in [2.75, 3.05) is 12.5 Å². The Hall–Kier alpha value is -1.33.